The van der Waals surface area contributed by atoms with Crippen LogP contribution in [0.3, 0.4) is 0 Å². The molecule has 92 valence electrons. The number of rotatable bonds is 3. The molecule has 4 nitrogen and oxygen atoms in total. The van der Waals surface area contributed by atoms with E-state index in [4.69, 9.17) is 5.73 Å². The lowest BCUT2D eigenvalue weighted by atomic mass is 10.2. The predicted molar refractivity (Wildman–Crippen MR) is 75.4 cm³/mol. The van der Waals surface area contributed by atoms with E-state index in [2.05, 4.69) is 10.3 Å². The van der Waals surface area contributed by atoms with Crippen LogP contribution in [0.25, 0.3) is 6.08 Å². The number of nitrogens with zero attached hydrogens (tertiary/aromatic N) is 1. The number of anilines is 2. The van der Waals surface area contributed by atoms with Gasteiger partial charge in [0, 0.05) is 22.8 Å². The van der Waals surface area contributed by atoms with Crippen molar-refractivity contribution >= 4 is 34.1 Å². The second-order valence-electron chi connectivity index (χ2n) is 3.77. The zero-order valence-electron chi connectivity index (χ0n) is 9.88. The monoisotopic (exact) mass is 259 g/mol. The molecule has 0 saturated heterocycles. The number of amides is 1. The number of aromatic nitrogens is 1. The molecule has 1 amide bonds. The van der Waals surface area contributed by atoms with Gasteiger partial charge in [-0.3, -0.25) is 10.1 Å². The molecular formula is C13H13N3OS. The maximum atomic E-state index is 11.6. The van der Waals surface area contributed by atoms with E-state index in [-0.39, 0.29) is 5.91 Å². The highest BCUT2D eigenvalue weighted by Crippen LogP contribution is 2.16. The van der Waals surface area contributed by atoms with Gasteiger partial charge in [0.25, 0.3) is 0 Å². The average Bonchev–Trinajstić information content (AvgIpc) is 2.72. The van der Waals surface area contributed by atoms with E-state index in [1.54, 1.807) is 24.4 Å². The molecule has 0 aliphatic heterocycles. The molecule has 0 saturated carbocycles. The number of carbonyl (C=O) groups excluding carboxylic acids is 1. The van der Waals surface area contributed by atoms with Gasteiger partial charge in [0.05, 0.1) is 0 Å². The molecule has 0 aliphatic carbocycles. The van der Waals surface area contributed by atoms with Gasteiger partial charge >= 0.3 is 0 Å². The summed E-state index contributed by atoms with van der Waals surface area (Å²) in [7, 11) is 0. The van der Waals surface area contributed by atoms with Crippen LogP contribution in [0.1, 0.15) is 10.4 Å². The minimum absolute atomic E-state index is 0.202. The van der Waals surface area contributed by atoms with Gasteiger partial charge in [-0.2, -0.15) is 0 Å². The fraction of sp³-hybridized carbons (Fsp3) is 0.0769. The van der Waals surface area contributed by atoms with Gasteiger partial charge in [-0.25, -0.2) is 4.98 Å². The average molecular weight is 259 g/mol. The summed E-state index contributed by atoms with van der Waals surface area (Å²) in [6, 6.07) is 7.33. The first-order valence-electron chi connectivity index (χ1n) is 5.40. The Morgan fingerprint density at radius 3 is 3.00 bits per heavy atom. The van der Waals surface area contributed by atoms with E-state index < -0.39 is 0 Å². The molecule has 3 N–H and O–H groups in total. The molecular weight excluding hydrogens is 246 g/mol. The van der Waals surface area contributed by atoms with Crippen LogP contribution < -0.4 is 11.1 Å². The van der Waals surface area contributed by atoms with Crippen LogP contribution in [0.15, 0.2) is 36.5 Å². The number of thiazole rings is 1. The Kier molecular flexibility index (Phi) is 3.74. The van der Waals surface area contributed by atoms with Crippen LogP contribution >= 0.6 is 11.3 Å². The van der Waals surface area contributed by atoms with Gasteiger partial charge in [-0.1, -0.05) is 12.1 Å². The van der Waals surface area contributed by atoms with Gasteiger partial charge in [0.1, 0.15) is 0 Å². The molecule has 0 bridgehead atoms. The lowest BCUT2D eigenvalue weighted by Gasteiger charge is -1.97. The number of hydrogen-bond acceptors (Lipinski definition) is 4. The second kappa shape index (κ2) is 5.46. The molecule has 5 heteroatoms. The van der Waals surface area contributed by atoms with E-state index in [0.29, 0.717) is 10.8 Å². The first-order valence-corrected chi connectivity index (χ1v) is 6.22. The predicted octanol–water partition coefficient (Wildman–Crippen LogP) is 2.69. The molecule has 2 aromatic rings. The summed E-state index contributed by atoms with van der Waals surface area (Å²) in [5, 5.41) is 3.30. The Morgan fingerprint density at radius 1 is 1.50 bits per heavy atom. The lowest BCUT2D eigenvalue weighted by Crippen LogP contribution is -2.07. The van der Waals surface area contributed by atoms with E-state index >= 15 is 0 Å². The van der Waals surface area contributed by atoms with E-state index in [1.165, 1.54) is 17.4 Å². The standard InChI is InChI=1S/C13H13N3OS/c1-9-8-15-13(18-9)16-12(17)6-5-10-3-2-4-11(14)7-10/h2-8H,14H2,1H3,(H,15,16,17)/b6-5+. The number of benzene rings is 1. The summed E-state index contributed by atoms with van der Waals surface area (Å²) in [6.07, 6.45) is 4.90. The van der Waals surface area contributed by atoms with Crippen molar-refractivity contribution in [1.29, 1.82) is 0 Å². The van der Waals surface area contributed by atoms with E-state index in [0.717, 1.165) is 10.4 Å². The largest absolute Gasteiger partial charge is 0.399 e. The lowest BCUT2D eigenvalue weighted by molar-refractivity contribution is -0.111. The summed E-state index contributed by atoms with van der Waals surface area (Å²) in [4.78, 5) is 16.7. The Bertz CT molecular complexity index is 589. The SMILES string of the molecule is Cc1cnc(NC(=O)/C=C/c2cccc(N)c2)s1. The van der Waals surface area contributed by atoms with Crippen molar-refractivity contribution in [3.8, 4) is 0 Å². The molecule has 0 aliphatic rings. The first kappa shape index (κ1) is 12.3. The number of carbonyl (C=O) groups is 1. The van der Waals surface area contributed by atoms with E-state index in [1.807, 2.05) is 19.1 Å². The zero-order valence-corrected chi connectivity index (χ0v) is 10.7. The van der Waals surface area contributed by atoms with Gasteiger partial charge in [0.15, 0.2) is 5.13 Å². The number of nitrogen functional groups attached to an aromatic ring is 1. The van der Waals surface area contributed by atoms with Gasteiger partial charge in [0.2, 0.25) is 5.91 Å². The molecule has 0 atom stereocenters. The molecule has 1 aromatic carbocycles. The van der Waals surface area contributed by atoms with Crippen molar-refractivity contribution < 1.29 is 4.79 Å². The summed E-state index contributed by atoms with van der Waals surface area (Å²) in [5.41, 5.74) is 7.21. The van der Waals surface area contributed by atoms with Gasteiger partial charge in [-0.05, 0) is 30.7 Å². The fourth-order valence-corrected chi connectivity index (χ4v) is 2.06. The van der Waals surface area contributed by atoms with E-state index in [9.17, 15) is 4.79 Å². The molecule has 0 spiro atoms. The molecule has 0 unspecified atom stereocenters. The number of nitrogens with one attached hydrogen (secondary N) is 1. The summed E-state index contributed by atoms with van der Waals surface area (Å²) in [5.74, 6) is -0.202. The first-order chi connectivity index (χ1) is 8.63. The normalized spacial score (nSPS) is 10.7. The maximum Gasteiger partial charge on any atom is 0.250 e. The number of aryl methyl sites for hydroxylation is 1. The molecule has 2 rings (SSSR count). The quantitative estimate of drug-likeness (QED) is 0.657. The molecule has 1 heterocycles. The third-order valence-corrected chi connectivity index (χ3v) is 3.02. The Hall–Kier alpha value is -2.14. The minimum Gasteiger partial charge on any atom is -0.399 e. The summed E-state index contributed by atoms with van der Waals surface area (Å²) < 4.78 is 0. The van der Waals surface area contributed by atoms with Crippen LogP contribution in [0, 0.1) is 6.92 Å². The fourth-order valence-electron chi connectivity index (χ4n) is 1.39. The van der Waals surface area contributed by atoms with Crippen LogP contribution in [0.2, 0.25) is 0 Å². The van der Waals surface area contributed by atoms with Crippen LogP contribution in [0.4, 0.5) is 10.8 Å². The Morgan fingerprint density at radius 2 is 2.33 bits per heavy atom. The molecule has 1 aromatic heterocycles. The second-order valence-corrected chi connectivity index (χ2v) is 5.00. The Balaban J connectivity index is 1.99. The smallest absolute Gasteiger partial charge is 0.250 e. The molecule has 0 radical (unpaired) electrons. The van der Waals surface area contributed by atoms with Crippen molar-refractivity contribution in [2.45, 2.75) is 6.92 Å². The minimum atomic E-state index is -0.202. The van der Waals surface area contributed by atoms with Crippen molar-refractivity contribution in [2.75, 3.05) is 11.1 Å². The van der Waals surface area contributed by atoms with Crippen LogP contribution in [0.5, 0.6) is 0 Å². The molecule has 18 heavy (non-hydrogen) atoms. The van der Waals surface area contributed by atoms with Crippen molar-refractivity contribution in [3.05, 3.63) is 47.0 Å². The van der Waals surface area contributed by atoms with Crippen LogP contribution in [-0.4, -0.2) is 10.9 Å². The van der Waals surface area contributed by atoms with Crippen LogP contribution in [-0.2, 0) is 4.79 Å². The third kappa shape index (κ3) is 3.43. The highest BCUT2D eigenvalue weighted by atomic mass is 32.1. The van der Waals surface area contributed by atoms with Gasteiger partial charge in [-0.15, -0.1) is 11.3 Å². The van der Waals surface area contributed by atoms with Crippen molar-refractivity contribution in [3.63, 3.8) is 0 Å². The maximum absolute atomic E-state index is 11.6. The highest BCUT2D eigenvalue weighted by molar-refractivity contribution is 7.15. The van der Waals surface area contributed by atoms with Gasteiger partial charge < -0.3 is 5.73 Å². The van der Waals surface area contributed by atoms with Crippen molar-refractivity contribution in [1.82, 2.24) is 4.98 Å². The number of hydrogen-bond donors (Lipinski definition) is 2. The third-order valence-electron chi connectivity index (χ3n) is 2.19. The number of nitrogens with two attached hydrogens (primary N) is 1. The van der Waals surface area contributed by atoms with Crippen molar-refractivity contribution in [2.24, 2.45) is 0 Å². The molecule has 0 fully saturated rings. The summed E-state index contributed by atoms with van der Waals surface area (Å²) >= 11 is 1.44. The Labute approximate surface area is 109 Å². The summed E-state index contributed by atoms with van der Waals surface area (Å²) in [6.45, 7) is 1.94. The topological polar surface area (TPSA) is 68.0 Å². The highest BCUT2D eigenvalue weighted by Gasteiger charge is 2.01. The zero-order chi connectivity index (χ0) is 13.0.